The Kier molecular flexibility index (Phi) is 5.17. The predicted molar refractivity (Wildman–Crippen MR) is 68.9 cm³/mol. The smallest absolute Gasteiger partial charge is 0.317 e. The number of hydrogen-bond donors (Lipinski definition) is 2. The molecule has 19 heavy (non-hydrogen) atoms. The summed E-state index contributed by atoms with van der Waals surface area (Å²) in [5.74, 6) is 0. The Bertz CT molecular complexity index is 376. The predicted octanol–water partition coefficient (Wildman–Crippen LogP) is 0.00900. The van der Waals surface area contributed by atoms with Crippen LogP contribution in [0.25, 0.3) is 0 Å². The molecule has 0 radical (unpaired) electrons. The SMILES string of the molecule is CN(C[C@H]1COCCO1)C(=O)NCCc1cn[nH]c1. The van der Waals surface area contributed by atoms with Crippen molar-refractivity contribution in [3.63, 3.8) is 0 Å². The lowest BCUT2D eigenvalue weighted by molar-refractivity contribution is -0.0928. The van der Waals surface area contributed by atoms with Gasteiger partial charge in [0.25, 0.3) is 0 Å². The summed E-state index contributed by atoms with van der Waals surface area (Å²) >= 11 is 0. The molecule has 1 saturated heterocycles. The summed E-state index contributed by atoms with van der Waals surface area (Å²) in [6.45, 7) is 2.91. The van der Waals surface area contributed by atoms with Crippen molar-refractivity contribution in [2.75, 3.05) is 40.0 Å². The first kappa shape index (κ1) is 13.8. The second-order valence-electron chi connectivity index (χ2n) is 4.54. The monoisotopic (exact) mass is 268 g/mol. The fraction of sp³-hybridized carbons (Fsp3) is 0.667. The van der Waals surface area contributed by atoms with Gasteiger partial charge in [-0.3, -0.25) is 5.10 Å². The number of ether oxygens (including phenoxy) is 2. The minimum absolute atomic E-state index is 0.0293. The highest BCUT2D eigenvalue weighted by Crippen LogP contribution is 2.02. The third kappa shape index (κ3) is 4.53. The zero-order valence-electron chi connectivity index (χ0n) is 11.1. The first-order valence-corrected chi connectivity index (χ1v) is 6.41. The molecule has 1 aromatic heterocycles. The second-order valence-corrected chi connectivity index (χ2v) is 4.54. The Hall–Kier alpha value is -1.60. The van der Waals surface area contributed by atoms with E-state index in [0.29, 0.717) is 32.9 Å². The maximum atomic E-state index is 11.8. The minimum Gasteiger partial charge on any atom is -0.376 e. The van der Waals surface area contributed by atoms with E-state index in [-0.39, 0.29) is 12.1 Å². The Labute approximate surface area is 112 Å². The van der Waals surface area contributed by atoms with Crippen LogP contribution in [0.4, 0.5) is 4.79 Å². The fourth-order valence-corrected chi connectivity index (χ4v) is 1.89. The number of rotatable bonds is 5. The second kappa shape index (κ2) is 7.10. The summed E-state index contributed by atoms with van der Waals surface area (Å²) in [6, 6.07) is -0.0994. The van der Waals surface area contributed by atoms with Gasteiger partial charge in [-0.2, -0.15) is 5.10 Å². The van der Waals surface area contributed by atoms with Crippen molar-refractivity contribution in [2.45, 2.75) is 12.5 Å². The van der Waals surface area contributed by atoms with Crippen LogP contribution in [0.2, 0.25) is 0 Å². The van der Waals surface area contributed by atoms with Gasteiger partial charge in [0.05, 0.1) is 38.7 Å². The van der Waals surface area contributed by atoms with Crippen LogP contribution >= 0.6 is 0 Å². The number of carbonyl (C=O) groups is 1. The molecule has 1 aliphatic heterocycles. The number of likely N-dealkylation sites (N-methyl/N-ethyl adjacent to an activating group) is 1. The van der Waals surface area contributed by atoms with E-state index in [1.165, 1.54) is 0 Å². The Morgan fingerprint density at radius 2 is 2.53 bits per heavy atom. The topological polar surface area (TPSA) is 79.5 Å². The highest BCUT2D eigenvalue weighted by atomic mass is 16.6. The van der Waals surface area contributed by atoms with Crippen molar-refractivity contribution in [3.05, 3.63) is 18.0 Å². The Morgan fingerprint density at radius 1 is 1.63 bits per heavy atom. The minimum atomic E-state index is -0.0994. The van der Waals surface area contributed by atoms with Gasteiger partial charge in [-0.05, 0) is 12.0 Å². The van der Waals surface area contributed by atoms with Crippen molar-refractivity contribution in [3.8, 4) is 0 Å². The summed E-state index contributed by atoms with van der Waals surface area (Å²) in [5, 5.41) is 9.45. The maximum absolute atomic E-state index is 11.8. The van der Waals surface area contributed by atoms with Crippen molar-refractivity contribution in [2.24, 2.45) is 0 Å². The number of amides is 2. The standard InChI is InChI=1S/C12H20N4O3/c1-16(8-11-9-18-4-5-19-11)12(17)13-3-2-10-6-14-15-7-10/h6-7,11H,2-5,8-9H2,1H3,(H,13,17)(H,14,15)/t11-/m0/s1. The van der Waals surface area contributed by atoms with E-state index in [4.69, 9.17) is 9.47 Å². The molecule has 2 amide bonds. The number of hydrogen-bond acceptors (Lipinski definition) is 4. The van der Waals surface area contributed by atoms with Gasteiger partial charge in [0.15, 0.2) is 0 Å². The average Bonchev–Trinajstić information content (AvgIpc) is 2.93. The molecule has 0 aromatic carbocycles. The average molecular weight is 268 g/mol. The van der Waals surface area contributed by atoms with Crippen LogP contribution in [0.3, 0.4) is 0 Å². The lowest BCUT2D eigenvalue weighted by Crippen LogP contribution is -2.45. The van der Waals surface area contributed by atoms with Crippen LogP contribution in [0, 0.1) is 0 Å². The van der Waals surface area contributed by atoms with Crippen LogP contribution < -0.4 is 5.32 Å². The fourth-order valence-electron chi connectivity index (χ4n) is 1.89. The van der Waals surface area contributed by atoms with Gasteiger partial charge in [-0.15, -0.1) is 0 Å². The number of aromatic amines is 1. The van der Waals surface area contributed by atoms with Gasteiger partial charge in [0.1, 0.15) is 0 Å². The first-order valence-electron chi connectivity index (χ1n) is 6.41. The first-order chi connectivity index (χ1) is 9.25. The molecule has 7 nitrogen and oxygen atoms in total. The molecule has 0 saturated carbocycles. The van der Waals surface area contributed by atoms with E-state index in [0.717, 1.165) is 12.0 Å². The molecule has 1 aliphatic rings. The van der Waals surface area contributed by atoms with E-state index >= 15 is 0 Å². The molecule has 2 N–H and O–H groups in total. The lowest BCUT2D eigenvalue weighted by atomic mass is 10.2. The Morgan fingerprint density at radius 3 is 3.21 bits per heavy atom. The highest BCUT2D eigenvalue weighted by molar-refractivity contribution is 5.73. The molecular weight excluding hydrogens is 248 g/mol. The van der Waals surface area contributed by atoms with Gasteiger partial charge in [-0.1, -0.05) is 0 Å². The third-order valence-electron chi connectivity index (χ3n) is 2.95. The summed E-state index contributed by atoms with van der Waals surface area (Å²) in [6.07, 6.45) is 4.31. The molecule has 2 heterocycles. The normalized spacial score (nSPS) is 19.1. The van der Waals surface area contributed by atoms with Crippen LogP contribution in [-0.4, -0.2) is 67.2 Å². The molecule has 0 unspecified atom stereocenters. The van der Waals surface area contributed by atoms with Gasteiger partial charge in [0, 0.05) is 19.8 Å². The maximum Gasteiger partial charge on any atom is 0.317 e. The number of aromatic nitrogens is 2. The zero-order valence-corrected chi connectivity index (χ0v) is 11.1. The molecule has 1 fully saturated rings. The number of carbonyl (C=O) groups excluding carboxylic acids is 1. The molecule has 7 heteroatoms. The lowest BCUT2D eigenvalue weighted by Gasteiger charge is -2.27. The van der Waals surface area contributed by atoms with Gasteiger partial charge < -0.3 is 19.7 Å². The quantitative estimate of drug-likeness (QED) is 0.788. The number of H-pyrrole nitrogens is 1. The number of nitrogens with one attached hydrogen (secondary N) is 2. The van der Waals surface area contributed by atoms with E-state index in [1.807, 2.05) is 6.20 Å². The Balaban J connectivity index is 1.64. The van der Waals surface area contributed by atoms with Gasteiger partial charge in [0.2, 0.25) is 0 Å². The van der Waals surface area contributed by atoms with Gasteiger partial charge >= 0.3 is 6.03 Å². The molecule has 1 atom stereocenters. The van der Waals surface area contributed by atoms with Gasteiger partial charge in [-0.25, -0.2) is 4.79 Å². The summed E-state index contributed by atoms with van der Waals surface area (Å²) in [4.78, 5) is 13.5. The van der Waals surface area contributed by atoms with Crippen molar-refractivity contribution in [1.29, 1.82) is 0 Å². The number of urea groups is 1. The summed E-state index contributed by atoms with van der Waals surface area (Å²) in [5.41, 5.74) is 1.08. The van der Waals surface area contributed by atoms with Crippen molar-refractivity contribution >= 4 is 6.03 Å². The van der Waals surface area contributed by atoms with Crippen molar-refractivity contribution < 1.29 is 14.3 Å². The van der Waals surface area contributed by atoms with Crippen LogP contribution in [-0.2, 0) is 15.9 Å². The van der Waals surface area contributed by atoms with E-state index in [1.54, 1.807) is 18.1 Å². The molecular formula is C12H20N4O3. The molecule has 0 bridgehead atoms. The van der Waals surface area contributed by atoms with Crippen LogP contribution in [0.1, 0.15) is 5.56 Å². The number of nitrogens with zero attached hydrogens (tertiary/aromatic N) is 2. The molecule has 2 rings (SSSR count). The van der Waals surface area contributed by atoms with E-state index in [2.05, 4.69) is 15.5 Å². The van der Waals surface area contributed by atoms with E-state index < -0.39 is 0 Å². The van der Waals surface area contributed by atoms with Crippen LogP contribution in [0.5, 0.6) is 0 Å². The molecule has 0 spiro atoms. The summed E-state index contributed by atoms with van der Waals surface area (Å²) < 4.78 is 10.8. The zero-order chi connectivity index (χ0) is 13.5. The third-order valence-corrected chi connectivity index (χ3v) is 2.95. The molecule has 1 aromatic rings. The summed E-state index contributed by atoms with van der Waals surface area (Å²) in [7, 11) is 1.76. The van der Waals surface area contributed by atoms with E-state index in [9.17, 15) is 4.79 Å². The van der Waals surface area contributed by atoms with Crippen LogP contribution in [0.15, 0.2) is 12.4 Å². The highest BCUT2D eigenvalue weighted by Gasteiger charge is 2.18. The largest absolute Gasteiger partial charge is 0.376 e. The molecule has 106 valence electrons. The molecule has 0 aliphatic carbocycles. The van der Waals surface area contributed by atoms with Crippen molar-refractivity contribution in [1.82, 2.24) is 20.4 Å².